The Morgan fingerprint density at radius 3 is 2.93 bits per heavy atom. The van der Waals surface area contributed by atoms with Gasteiger partial charge in [0.05, 0.1) is 0 Å². The number of hydrogen-bond acceptors (Lipinski definition) is 5. The van der Waals surface area contributed by atoms with Gasteiger partial charge in [0, 0.05) is 18.5 Å². The van der Waals surface area contributed by atoms with Crippen LogP contribution in [0.4, 0.5) is 5.82 Å². The highest BCUT2D eigenvalue weighted by molar-refractivity contribution is 5.40. The van der Waals surface area contributed by atoms with Crippen LogP contribution in [0.1, 0.15) is 5.82 Å². The van der Waals surface area contributed by atoms with Crippen molar-refractivity contribution in [3.05, 3.63) is 30.6 Å². The smallest absolute Gasteiger partial charge is 0.145 e. The van der Waals surface area contributed by atoms with Gasteiger partial charge in [-0.3, -0.25) is 4.57 Å². The summed E-state index contributed by atoms with van der Waals surface area (Å²) in [5, 5.41) is 0. The topological polar surface area (TPSA) is 81.6 Å². The Hall–Kier alpha value is -1.95. The fourth-order valence-corrected chi connectivity index (χ4v) is 1.15. The van der Waals surface area contributed by atoms with Crippen molar-refractivity contribution in [1.29, 1.82) is 0 Å². The minimum Gasteiger partial charge on any atom is -0.308 e. The van der Waals surface area contributed by atoms with E-state index in [1.807, 2.05) is 6.20 Å². The monoisotopic (exact) mass is 190 g/mol. The number of rotatable bonds is 2. The van der Waals surface area contributed by atoms with Crippen LogP contribution in [-0.2, 0) is 0 Å². The van der Waals surface area contributed by atoms with Gasteiger partial charge >= 0.3 is 0 Å². The number of hydrazine groups is 1. The highest BCUT2D eigenvalue weighted by Gasteiger charge is 2.01. The second-order valence-corrected chi connectivity index (χ2v) is 2.77. The minimum atomic E-state index is 0.584. The number of imidazole rings is 1. The first-order valence-electron chi connectivity index (χ1n) is 4.10. The minimum absolute atomic E-state index is 0.584. The fourth-order valence-electron chi connectivity index (χ4n) is 1.15. The van der Waals surface area contributed by atoms with E-state index < -0.39 is 0 Å². The van der Waals surface area contributed by atoms with E-state index in [0.29, 0.717) is 11.6 Å². The maximum absolute atomic E-state index is 5.28. The van der Waals surface area contributed by atoms with Crippen molar-refractivity contribution in [3.8, 4) is 5.82 Å². The molecule has 0 aliphatic rings. The van der Waals surface area contributed by atoms with Crippen LogP contribution in [0.25, 0.3) is 5.82 Å². The van der Waals surface area contributed by atoms with Crippen LogP contribution >= 0.6 is 0 Å². The van der Waals surface area contributed by atoms with Crippen LogP contribution in [-0.4, -0.2) is 19.5 Å². The second kappa shape index (κ2) is 3.43. The van der Waals surface area contributed by atoms with E-state index in [1.165, 1.54) is 0 Å². The summed E-state index contributed by atoms with van der Waals surface area (Å²) in [4.78, 5) is 12.3. The maximum atomic E-state index is 5.28. The third-order valence-electron chi connectivity index (χ3n) is 1.74. The van der Waals surface area contributed by atoms with E-state index in [0.717, 1.165) is 5.82 Å². The molecule has 0 amide bonds. The molecule has 2 aromatic rings. The predicted molar refractivity (Wildman–Crippen MR) is 51.7 cm³/mol. The van der Waals surface area contributed by atoms with E-state index in [9.17, 15) is 0 Å². The number of hydrogen-bond donors (Lipinski definition) is 2. The Morgan fingerprint density at radius 2 is 2.29 bits per heavy atom. The first-order valence-corrected chi connectivity index (χ1v) is 4.10. The van der Waals surface area contributed by atoms with Crippen molar-refractivity contribution in [1.82, 2.24) is 19.5 Å². The van der Waals surface area contributed by atoms with Crippen molar-refractivity contribution in [3.63, 3.8) is 0 Å². The molecular weight excluding hydrogens is 180 g/mol. The van der Waals surface area contributed by atoms with Crippen LogP contribution in [0.15, 0.2) is 24.8 Å². The predicted octanol–water partition coefficient (Wildman–Crippen LogP) is 0.256. The molecule has 2 heterocycles. The Kier molecular flexibility index (Phi) is 2.11. The molecule has 0 saturated heterocycles. The van der Waals surface area contributed by atoms with Gasteiger partial charge in [0.2, 0.25) is 0 Å². The molecule has 0 aliphatic heterocycles. The highest BCUT2D eigenvalue weighted by atomic mass is 15.3. The summed E-state index contributed by atoms with van der Waals surface area (Å²) in [5.74, 6) is 7.26. The van der Waals surface area contributed by atoms with Crippen LogP contribution in [0.2, 0.25) is 0 Å². The fraction of sp³-hybridized carbons (Fsp3) is 0.125. The van der Waals surface area contributed by atoms with Crippen molar-refractivity contribution >= 4 is 5.82 Å². The third kappa shape index (κ3) is 1.55. The number of nitrogens with two attached hydrogens (primary N) is 1. The summed E-state index contributed by atoms with van der Waals surface area (Å²) < 4.78 is 1.79. The zero-order valence-electron chi connectivity index (χ0n) is 7.68. The molecule has 0 unspecified atom stereocenters. The highest BCUT2D eigenvalue weighted by Crippen LogP contribution is 2.09. The summed E-state index contributed by atoms with van der Waals surface area (Å²) >= 11 is 0. The van der Waals surface area contributed by atoms with Crippen LogP contribution < -0.4 is 11.3 Å². The molecule has 0 saturated carbocycles. The van der Waals surface area contributed by atoms with E-state index in [-0.39, 0.29) is 0 Å². The Morgan fingerprint density at radius 1 is 1.43 bits per heavy atom. The Bertz CT molecular complexity index is 421. The molecule has 14 heavy (non-hydrogen) atoms. The van der Waals surface area contributed by atoms with Gasteiger partial charge in [-0.1, -0.05) is 0 Å². The quantitative estimate of drug-likeness (QED) is 0.524. The molecule has 3 N–H and O–H groups in total. The number of nitrogens with zero attached hydrogens (tertiary/aromatic N) is 4. The number of nitrogens with one attached hydrogen (secondary N) is 1. The third-order valence-corrected chi connectivity index (χ3v) is 1.74. The summed E-state index contributed by atoms with van der Waals surface area (Å²) in [5.41, 5.74) is 2.49. The van der Waals surface area contributed by atoms with Gasteiger partial charge in [-0.15, -0.1) is 0 Å². The molecule has 0 aliphatic carbocycles. The van der Waals surface area contributed by atoms with Crippen molar-refractivity contribution in [2.45, 2.75) is 6.92 Å². The van der Waals surface area contributed by atoms with Crippen molar-refractivity contribution < 1.29 is 0 Å². The van der Waals surface area contributed by atoms with Gasteiger partial charge in [0.1, 0.15) is 23.8 Å². The van der Waals surface area contributed by atoms with E-state index in [4.69, 9.17) is 5.84 Å². The average Bonchev–Trinajstić information content (AvgIpc) is 2.69. The summed E-state index contributed by atoms with van der Waals surface area (Å²) in [6, 6.07) is 1.74. The van der Waals surface area contributed by atoms with Gasteiger partial charge in [-0.2, -0.15) is 0 Å². The molecule has 72 valence electrons. The van der Waals surface area contributed by atoms with E-state index in [1.54, 1.807) is 30.1 Å². The van der Waals surface area contributed by atoms with E-state index >= 15 is 0 Å². The van der Waals surface area contributed by atoms with Gasteiger partial charge in [-0.25, -0.2) is 20.8 Å². The lowest BCUT2D eigenvalue weighted by Crippen LogP contribution is -2.11. The normalized spacial score (nSPS) is 10.1. The maximum Gasteiger partial charge on any atom is 0.145 e. The molecule has 6 nitrogen and oxygen atoms in total. The largest absolute Gasteiger partial charge is 0.308 e. The molecule has 0 spiro atoms. The van der Waals surface area contributed by atoms with Gasteiger partial charge in [-0.05, 0) is 6.92 Å². The van der Waals surface area contributed by atoms with E-state index in [2.05, 4.69) is 20.4 Å². The molecule has 2 aromatic heterocycles. The second-order valence-electron chi connectivity index (χ2n) is 2.77. The van der Waals surface area contributed by atoms with Gasteiger partial charge in [0.25, 0.3) is 0 Å². The lowest BCUT2D eigenvalue weighted by atomic mass is 10.5. The van der Waals surface area contributed by atoms with Gasteiger partial charge in [0.15, 0.2) is 0 Å². The SMILES string of the molecule is Cc1nc(NN)cc(-n2ccnc2)n1. The first kappa shape index (κ1) is 8.64. The Balaban J connectivity index is 2.48. The zero-order chi connectivity index (χ0) is 9.97. The molecular formula is C8H10N6. The summed E-state index contributed by atoms with van der Waals surface area (Å²) in [7, 11) is 0. The summed E-state index contributed by atoms with van der Waals surface area (Å²) in [6.07, 6.45) is 5.16. The first-order chi connectivity index (χ1) is 6.79. The number of aromatic nitrogens is 4. The molecule has 0 radical (unpaired) electrons. The van der Waals surface area contributed by atoms with Crippen LogP contribution in [0.5, 0.6) is 0 Å². The lowest BCUT2D eigenvalue weighted by molar-refractivity contribution is 0.936. The molecule has 0 fully saturated rings. The molecule has 0 bridgehead atoms. The molecule has 0 aromatic carbocycles. The number of nitrogen functional groups attached to an aromatic ring is 1. The number of aryl methyl sites for hydroxylation is 1. The molecule has 0 atom stereocenters. The van der Waals surface area contributed by atoms with Crippen molar-refractivity contribution in [2.24, 2.45) is 5.84 Å². The molecule has 2 rings (SSSR count). The van der Waals surface area contributed by atoms with Crippen molar-refractivity contribution in [2.75, 3.05) is 5.43 Å². The zero-order valence-corrected chi connectivity index (χ0v) is 7.68. The lowest BCUT2D eigenvalue weighted by Gasteiger charge is -2.05. The van der Waals surface area contributed by atoms with Crippen LogP contribution in [0, 0.1) is 6.92 Å². The Labute approximate surface area is 80.8 Å². The standard InChI is InChI=1S/C8H10N6/c1-6-11-7(13-9)4-8(12-6)14-3-2-10-5-14/h2-5H,9H2,1H3,(H,11,12,13). The summed E-state index contributed by atoms with van der Waals surface area (Å²) in [6.45, 7) is 1.81. The van der Waals surface area contributed by atoms with Crippen LogP contribution in [0.3, 0.4) is 0 Å². The van der Waals surface area contributed by atoms with Gasteiger partial charge < -0.3 is 5.43 Å². The number of anilines is 1. The molecule has 6 heteroatoms. The average molecular weight is 190 g/mol.